The maximum Gasteiger partial charge on any atom is 0.367 e. The predicted molar refractivity (Wildman–Crippen MR) is 76.4 cm³/mol. The number of benzene rings is 1. The van der Waals surface area contributed by atoms with Gasteiger partial charge in [0.1, 0.15) is 5.75 Å². The van der Waals surface area contributed by atoms with Gasteiger partial charge in [-0.25, -0.2) is 0 Å². The second-order valence-corrected chi connectivity index (χ2v) is 4.41. The average molecular weight is 261 g/mol. The zero-order chi connectivity index (χ0) is 13.5. The van der Waals surface area contributed by atoms with Crippen LogP contribution in [-0.2, 0) is 0 Å². The average Bonchev–Trinajstić information content (AvgIpc) is 2.96. The maximum absolute atomic E-state index is 5.55. The Kier molecular flexibility index (Phi) is 4.78. The third-order valence-corrected chi connectivity index (χ3v) is 2.81. The molecule has 0 saturated carbocycles. The zero-order valence-corrected chi connectivity index (χ0v) is 11.5. The summed E-state index contributed by atoms with van der Waals surface area (Å²) >= 11 is 0. The highest BCUT2D eigenvalue weighted by Gasteiger charge is 2.10. The number of nitrogens with zero attached hydrogens (tertiary/aromatic N) is 1. The van der Waals surface area contributed by atoms with Crippen molar-refractivity contribution in [3.05, 3.63) is 29.8 Å². The molecule has 1 aromatic carbocycles. The molecule has 0 aliphatic carbocycles. The molecule has 0 aromatic heterocycles. The monoisotopic (exact) mass is 261 g/mol. The van der Waals surface area contributed by atoms with E-state index in [-0.39, 0.29) is 0 Å². The van der Waals surface area contributed by atoms with Crippen molar-refractivity contribution in [2.24, 2.45) is 5.10 Å². The summed E-state index contributed by atoms with van der Waals surface area (Å²) in [6.45, 7) is 6.69. The fourth-order valence-corrected chi connectivity index (χ4v) is 1.73. The number of hydrogen-bond donors (Lipinski definition) is 3. The summed E-state index contributed by atoms with van der Waals surface area (Å²) in [5.41, 5.74) is 4.99. The van der Waals surface area contributed by atoms with Crippen molar-refractivity contribution in [3.8, 4) is 5.75 Å². The van der Waals surface area contributed by atoms with Crippen molar-refractivity contribution >= 4 is 11.7 Å². The van der Waals surface area contributed by atoms with Crippen LogP contribution in [0.25, 0.3) is 0 Å². The summed E-state index contributed by atoms with van der Waals surface area (Å²) < 4.78 is 5.55. The van der Waals surface area contributed by atoms with Gasteiger partial charge in [-0.2, -0.15) is 5.43 Å². The van der Waals surface area contributed by atoms with Crippen LogP contribution in [0.1, 0.15) is 25.8 Å². The summed E-state index contributed by atoms with van der Waals surface area (Å²) in [6.07, 6.45) is 1.02. The SMILES string of the molecule is CCCOc1ccc(/C(C)=N/NC2=[NH+]CCN2)cc1. The Labute approximate surface area is 113 Å². The Hall–Kier alpha value is -2.04. The minimum Gasteiger partial charge on any atom is -0.494 e. The van der Waals surface area contributed by atoms with Gasteiger partial charge in [0.25, 0.3) is 0 Å². The standard InChI is InChI=1S/C14H20N4O/c1-3-10-19-13-6-4-12(5-7-13)11(2)17-18-14-15-8-9-16-14/h4-7H,3,8-10H2,1-2H3,(H2,15,16,18)/p+1/b17-11+. The molecule has 0 amide bonds. The number of nitrogens with one attached hydrogen (secondary N) is 3. The van der Waals surface area contributed by atoms with E-state index in [4.69, 9.17) is 4.74 Å². The van der Waals surface area contributed by atoms with E-state index in [1.165, 1.54) is 0 Å². The fourth-order valence-electron chi connectivity index (χ4n) is 1.73. The largest absolute Gasteiger partial charge is 0.494 e. The third kappa shape index (κ3) is 3.98. The molecule has 19 heavy (non-hydrogen) atoms. The molecular weight excluding hydrogens is 240 g/mol. The fraction of sp³-hybridized carbons (Fsp3) is 0.429. The van der Waals surface area contributed by atoms with Gasteiger partial charge < -0.3 is 4.74 Å². The van der Waals surface area contributed by atoms with Crippen LogP contribution in [0.2, 0.25) is 0 Å². The number of rotatable bonds is 5. The highest BCUT2D eigenvalue weighted by molar-refractivity contribution is 5.99. The molecule has 2 rings (SSSR count). The molecule has 3 N–H and O–H groups in total. The summed E-state index contributed by atoms with van der Waals surface area (Å²) in [5, 5.41) is 7.50. The van der Waals surface area contributed by atoms with E-state index >= 15 is 0 Å². The molecule has 1 aliphatic rings. The van der Waals surface area contributed by atoms with Gasteiger partial charge in [0.15, 0.2) is 0 Å². The highest BCUT2D eigenvalue weighted by atomic mass is 16.5. The lowest BCUT2D eigenvalue weighted by Gasteiger charge is -2.05. The van der Waals surface area contributed by atoms with E-state index < -0.39 is 0 Å². The van der Waals surface area contributed by atoms with Crippen LogP contribution < -0.4 is 20.5 Å². The van der Waals surface area contributed by atoms with Gasteiger partial charge in [-0.15, -0.1) is 5.10 Å². The predicted octanol–water partition coefficient (Wildman–Crippen LogP) is -0.171. The lowest BCUT2D eigenvalue weighted by molar-refractivity contribution is -0.446. The van der Waals surface area contributed by atoms with E-state index in [0.29, 0.717) is 0 Å². The van der Waals surface area contributed by atoms with E-state index in [9.17, 15) is 0 Å². The van der Waals surface area contributed by atoms with Crippen molar-refractivity contribution in [1.82, 2.24) is 10.7 Å². The lowest BCUT2D eigenvalue weighted by Crippen LogP contribution is -2.73. The van der Waals surface area contributed by atoms with Crippen molar-refractivity contribution in [2.45, 2.75) is 20.3 Å². The first-order valence-electron chi connectivity index (χ1n) is 6.68. The molecule has 0 radical (unpaired) electrons. The Morgan fingerprint density at radius 3 is 2.84 bits per heavy atom. The molecule has 0 saturated heterocycles. The maximum atomic E-state index is 5.55. The number of hydrazone groups is 1. The molecule has 0 spiro atoms. The summed E-state index contributed by atoms with van der Waals surface area (Å²) in [6, 6.07) is 7.99. The van der Waals surface area contributed by atoms with Crippen LogP contribution in [0.4, 0.5) is 0 Å². The first-order chi connectivity index (χ1) is 9.29. The molecule has 0 atom stereocenters. The van der Waals surface area contributed by atoms with E-state index in [2.05, 4.69) is 27.8 Å². The zero-order valence-electron chi connectivity index (χ0n) is 11.5. The molecule has 1 aromatic rings. The summed E-state index contributed by atoms with van der Waals surface area (Å²) in [4.78, 5) is 3.16. The van der Waals surface area contributed by atoms with Crippen LogP contribution in [-0.4, -0.2) is 31.4 Å². The molecule has 5 nitrogen and oxygen atoms in total. The molecule has 0 unspecified atom stereocenters. The van der Waals surface area contributed by atoms with Crippen molar-refractivity contribution in [2.75, 3.05) is 19.7 Å². The number of guanidine groups is 1. The normalized spacial score (nSPS) is 14.8. The molecule has 0 bridgehead atoms. The first-order valence-corrected chi connectivity index (χ1v) is 6.68. The quantitative estimate of drug-likeness (QED) is 0.509. The molecule has 102 valence electrons. The Bertz CT molecular complexity index is 465. The second kappa shape index (κ2) is 6.78. The molecule has 1 heterocycles. The van der Waals surface area contributed by atoms with Crippen LogP contribution in [0.5, 0.6) is 5.75 Å². The summed E-state index contributed by atoms with van der Waals surface area (Å²) in [5.74, 6) is 1.77. The van der Waals surface area contributed by atoms with Gasteiger partial charge in [-0.1, -0.05) is 6.92 Å². The van der Waals surface area contributed by atoms with Gasteiger partial charge in [0.05, 0.1) is 25.4 Å². The van der Waals surface area contributed by atoms with E-state index in [1.54, 1.807) is 0 Å². The number of hydrogen-bond acceptors (Lipinski definition) is 4. The summed E-state index contributed by atoms with van der Waals surface area (Å²) in [7, 11) is 0. The van der Waals surface area contributed by atoms with Crippen molar-refractivity contribution in [1.29, 1.82) is 0 Å². The Balaban J connectivity index is 1.94. The molecule has 0 fully saturated rings. The topological polar surface area (TPSA) is 59.6 Å². The van der Waals surface area contributed by atoms with Crippen LogP contribution >= 0.6 is 0 Å². The van der Waals surface area contributed by atoms with Crippen molar-refractivity contribution < 1.29 is 9.73 Å². The van der Waals surface area contributed by atoms with E-state index in [1.807, 2.05) is 31.2 Å². The third-order valence-electron chi connectivity index (χ3n) is 2.81. The molecule has 5 heteroatoms. The van der Waals surface area contributed by atoms with Crippen molar-refractivity contribution in [3.63, 3.8) is 0 Å². The smallest absolute Gasteiger partial charge is 0.367 e. The van der Waals surface area contributed by atoms with Gasteiger partial charge >= 0.3 is 5.96 Å². The minimum absolute atomic E-state index is 0.754. The Morgan fingerprint density at radius 2 is 2.21 bits per heavy atom. The van der Waals surface area contributed by atoms with Crippen LogP contribution in [0.3, 0.4) is 0 Å². The van der Waals surface area contributed by atoms with Gasteiger partial charge in [0.2, 0.25) is 0 Å². The van der Waals surface area contributed by atoms with E-state index in [0.717, 1.165) is 49.1 Å². The Morgan fingerprint density at radius 1 is 1.42 bits per heavy atom. The van der Waals surface area contributed by atoms with Crippen LogP contribution in [0.15, 0.2) is 29.4 Å². The lowest BCUT2D eigenvalue weighted by atomic mass is 10.1. The molecule has 1 aliphatic heterocycles. The molecular formula is C14H21N4O+. The number of ether oxygens (including phenoxy) is 1. The minimum atomic E-state index is 0.754. The van der Waals surface area contributed by atoms with Crippen LogP contribution in [0, 0.1) is 0 Å². The first kappa shape index (κ1) is 13.4. The van der Waals surface area contributed by atoms with Gasteiger partial charge in [-0.3, -0.25) is 10.3 Å². The second-order valence-electron chi connectivity index (χ2n) is 4.41. The highest BCUT2D eigenvalue weighted by Crippen LogP contribution is 2.12. The van der Waals surface area contributed by atoms with Gasteiger partial charge in [0, 0.05) is 0 Å². The van der Waals surface area contributed by atoms with Gasteiger partial charge in [-0.05, 0) is 43.2 Å².